The Kier molecular flexibility index (Phi) is 3.34. The molecule has 0 unspecified atom stereocenters. The first-order valence-electron chi connectivity index (χ1n) is 5.59. The fraction of sp³-hybridized carbons (Fsp3) is 0.231. The van der Waals surface area contributed by atoms with E-state index < -0.39 is 0 Å². The van der Waals surface area contributed by atoms with Crippen molar-refractivity contribution in [2.75, 3.05) is 11.1 Å². The molecule has 4 nitrogen and oxygen atoms in total. The smallest absolute Gasteiger partial charge is 0.267 e. The SMILES string of the molecule is Cc1nc(C)c(C(=O)Nc2ccc(C)c(N)c2)s1. The van der Waals surface area contributed by atoms with Gasteiger partial charge in [-0.25, -0.2) is 4.98 Å². The van der Waals surface area contributed by atoms with Gasteiger partial charge in [-0.1, -0.05) is 6.07 Å². The maximum atomic E-state index is 12.1. The number of carbonyl (C=O) groups excluding carboxylic acids is 1. The predicted molar refractivity (Wildman–Crippen MR) is 75.1 cm³/mol. The van der Waals surface area contributed by atoms with Gasteiger partial charge < -0.3 is 11.1 Å². The lowest BCUT2D eigenvalue weighted by Crippen LogP contribution is -2.11. The summed E-state index contributed by atoms with van der Waals surface area (Å²) in [6.07, 6.45) is 0. The lowest BCUT2D eigenvalue weighted by molar-refractivity contribution is 0.103. The third kappa shape index (κ3) is 2.51. The number of amides is 1. The zero-order valence-electron chi connectivity index (χ0n) is 10.6. The molecule has 1 aromatic heterocycles. The van der Waals surface area contributed by atoms with Gasteiger partial charge in [0, 0.05) is 11.4 Å². The molecule has 1 amide bonds. The second-order valence-electron chi connectivity index (χ2n) is 4.17. The summed E-state index contributed by atoms with van der Waals surface area (Å²) in [5.41, 5.74) is 8.94. The van der Waals surface area contributed by atoms with Crippen LogP contribution in [-0.2, 0) is 0 Å². The number of nitrogens with zero attached hydrogens (tertiary/aromatic N) is 1. The number of carbonyl (C=O) groups is 1. The molecular weight excluding hydrogens is 246 g/mol. The van der Waals surface area contributed by atoms with Crippen molar-refractivity contribution in [2.24, 2.45) is 0 Å². The van der Waals surface area contributed by atoms with Gasteiger partial charge in [-0.2, -0.15) is 0 Å². The number of nitrogens with one attached hydrogen (secondary N) is 1. The van der Waals surface area contributed by atoms with E-state index in [1.54, 1.807) is 6.07 Å². The zero-order chi connectivity index (χ0) is 13.3. The average molecular weight is 261 g/mol. The van der Waals surface area contributed by atoms with E-state index in [0.717, 1.165) is 16.3 Å². The summed E-state index contributed by atoms with van der Waals surface area (Å²) in [7, 11) is 0. The molecule has 0 radical (unpaired) electrons. The highest BCUT2D eigenvalue weighted by Gasteiger charge is 2.13. The summed E-state index contributed by atoms with van der Waals surface area (Å²) in [6.45, 7) is 5.65. The van der Waals surface area contributed by atoms with Crippen LogP contribution in [0.2, 0.25) is 0 Å². The number of nitrogen functional groups attached to an aromatic ring is 1. The Morgan fingerprint density at radius 2 is 2.06 bits per heavy atom. The maximum Gasteiger partial charge on any atom is 0.267 e. The molecular formula is C13H15N3OS. The standard InChI is InChI=1S/C13H15N3OS/c1-7-4-5-10(6-11(7)14)16-13(17)12-8(2)15-9(3)18-12/h4-6H,14H2,1-3H3,(H,16,17). The number of hydrogen-bond donors (Lipinski definition) is 2. The second-order valence-corrected chi connectivity index (χ2v) is 5.38. The van der Waals surface area contributed by atoms with Gasteiger partial charge in [0.1, 0.15) is 4.88 Å². The quantitative estimate of drug-likeness (QED) is 0.817. The number of aromatic nitrogens is 1. The summed E-state index contributed by atoms with van der Waals surface area (Å²) < 4.78 is 0. The monoisotopic (exact) mass is 261 g/mol. The third-order valence-electron chi connectivity index (χ3n) is 2.65. The largest absolute Gasteiger partial charge is 0.398 e. The van der Waals surface area contributed by atoms with E-state index >= 15 is 0 Å². The van der Waals surface area contributed by atoms with Crippen LogP contribution >= 0.6 is 11.3 Å². The average Bonchev–Trinajstić information content (AvgIpc) is 2.63. The summed E-state index contributed by atoms with van der Waals surface area (Å²) in [5.74, 6) is -0.138. The molecule has 0 fully saturated rings. The van der Waals surface area contributed by atoms with Crippen molar-refractivity contribution in [3.63, 3.8) is 0 Å². The number of anilines is 2. The van der Waals surface area contributed by atoms with E-state index in [1.165, 1.54) is 11.3 Å². The molecule has 0 saturated carbocycles. The van der Waals surface area contributed by atoms with Gasteiger partial charge in [0.2, 0.25) is 0 Å². The molecule has 2 rings (SSSR count). The lowest BCUT2D eigenvalue weighted by Gasteiger charge is -2.06. The van der Waals surface area contributed by atoms with Crippen molar-refractivity contribution in [2.45, 2.75) is 20.8 Å². The van der Waals surface area contributed by atoms with Crippen molar-refractivity contribution in [3.05, 3.63) is 39.3 Å². The number of nitrogens with two attached hydrogens (primary N) is 1. The van der Waals surface area contributed by atoms with Crippen molar-refractivity contribution < 1.29 is 4.79 Å². The molecule has 94 valence electrons. The van der Waals surface area contributed by atoms with E-state index in [-0.39, 0.29) is 5.91 Å². The number of benzene rings is 1. The van der Waals surface area contributed by atoms with Gasteiger partial charge in [-0.05, 0) is 38.5 Å². The van der Waals surface area contributed by atoms with Gasteiger partial charge in [0.15, 0.2) is 0 Å². The molecule has 0 aliphatic heterocycles. The Labute approximate surface area is 110 Å². The molecule has 0 saturated heterocycles. The van der Waals surface area contributed by atoms with E-state index in [4.69, 9.17) is 5.73 Å². The van der Waals surface area contributed by atoms with Gasteiger partial charge >= 0.3 is 0 Å². The van der Waals surface area contributed by atoms with Crippen molar-refractivity contribution >= 4 is 28.6 Å². The van der Waals surface area contributed by atoms with Gasteiger partial charge in [-0.15, -0.1) is 11.3 Å². The first kappa shape index (κ1) is 12.6. The molecule has 0 aliphatic rings. The van der Waals surface area contributed by atoms with Crippen LogP contribution in [0.15, 0.2) is 18.2 Å². The molecule has 0 spiro atoms. The van der Waals surface area contributed by atoms with E-state index in [1.807, 2.05) is 32.9 Å². The van der Waals surface area contributed by atoms with Crippen LogP contribution in [0.4, 0.5) is 11.4 Å². The van der Waals surface area contributed by atoms with Crippen molar-refractivity contribution in [3.8, 4) is 0 Å². The van der Waals surface area contributed by atoms with Gasteiger partial charge in [-0.3, -0.25) is 4.79 Å². The van der Waals surface area contributed by atoms with Crippen LogP contribution in [-0.4, -0.2) is 10.9 Å². The topological polar surface area (TPSA) is 68.0 Å². The van der Waals surface area contributed by atoms with E-state index in [0.29, 0.717) is 16.3 Å². The second kappa shape index (κ2) is 4.78. The Bertz CT molecular complexity index is 604. The minimum Gasteiger partial charge on any atom is -0.398 e. The zero-order valence-corrected chi connectivity index (χ0v) is 11.4. The highest BCUT2D eigenvalue weighted by molar-refractivity contribution is 7.13. The molecule has 0 aliphatic carbocycles. The molecule has 0 atom stereocenters. The van der Waals surface area contributed by atoms with Crippen LogP contribution in [0.3, 0.4) is 0 Å². The first-order valence-corrected chi connectivity index (χ1v) is 6.40. The highest BCUT2D eigenvalue weighted by Crippen LogP contribution is 2.21. The molecule has 3 N–H and O–H groups in total. The normalized spacial score (nSPS) is 10.4. The van der Waals surface area contributed by atoms with E-state index in [2.05, 4.69) is 10.3 Å². The number of rotatable bonds is 2. The molecule has 0 bridgehead atoms. The molecule has 1 aromatic carbocycles. The lowest BCUT2D eigenvalue weighted by atomic mass is 10.2. The molecule has 18 heavy (non-hydrogen) atoms. The predicted octanol–water partition coefficient (Wildman–Crippen LogP) is 2.90. The summed E-state index contributed by atoms with van der Waals surface area (Å²) in [5, 5.41) is 3.72. The Morgan fingerprint density at radius 3 is 2.61 bits per heavy atom. The van der Waals surface area contributed by atoms with Gasteiger partial charge in [0.05, 0.1) is 10.7 Å². The molecule has 5 heteroatoms. The fourth-order valence-corrected chi connectivity index (χ4v) is 2.46. The van der Waals surface area contributed by atoms with Crippen LogP contribution in [0.25, 0.3) is 0 Å². The van der Waals surface area contributed by atoms with E-state index in [9.17, 15) is 4.79 Å². The Balaban J connectivity index is 2.21. The van der Waals surface area contributed by atoms with Crippen molar-refractivity contribution in [1.29, 1.82) is 0 Å². The third-order valence-corrected chi connectivity index (χ3v) is 3.72. The van der Waals surface area contributed by atoms with Crippen LogP contribution in [0.1, 0.15) is 25.9 Å². The number of aryl methyl sites for hydroxylation is 3. The van der Waals surface area contributed by atoms with Crippen LogP contribution in [0, 0.1) is 20.8 Å². The molecule has 1 heterocycles. The van der Waals surface area contributed by atoms with Crippen LogP contribution in [0.5, 0.6) is 0 Å². The molecule has 2 aromatic rings. The number of hydrogen-bond acceptors (Lipinski definition) is 4. The summed E-state index contributed by atoms with van der Waals surface area (Å²) >= 11 is 1.39. The Hall–Kier alpha value is -1.88. The summed E-state index contributed by atoms with van der Waals surface area (Å²) in [6, 6.07) is 5.49. The first-order chi connectivity index (χ1) is 8.47. The minimum absolute atomic E-state index is 0.138. The maximum absolute atomic E-state index is 12.1. The Morgan fingerprint density at radius 1 is 1.33 bits per heavy atom. The summed E-state index contributed by atoms with van der Waals surface area (Å²) in [4.78, 5) is 16.9. The minimum atomic E-state index is -0.138. The van der Waals surface area contributed by atoms with Crippen molar-refractivity contribution in [1.82, 2.24) is 4.98 Å². The number of thiazole rings is 1. The highest BCUT2D eigenvalue weighted by atomic mass is 32.1. The van der Waals surface area contributed by atoms with Crippen LogP contribution < -0.4 is 11.1 Å². The van der Waals surface area contributed by atoms with Gasteiger partial charge in [0.25, 0.3) is 5.91 Å². The fourth-order valence-electron chi connectivity index (χ4n) is 1.65.